The third-order valence-corrected chi connectivity index (χ3v) is 5.30. The van der Waals surface area contributed by atoms with Crippen molar-refractivity contribution in [3.05, 3.63) is 46.4 Å². The number of unbranched alkanes of at least 4 members (excludes halogenated alkanes) is 3. The predicted molar refractivity (Wildman–Crippen MR) is 139 cm³/mol. The summed E-state index contributed by atoms with van der Waals surface area (Å²) in [7, 11) is 0. The van der Waals surface area contributed by atoms with Gasteiger partial charge in [0.15, 0.2) is 0 Å². The first-order valence-electron chi connectivity index (χ1n) is 11.9. The highest BCUT2D eigenvalue weighted by atomic mass is 16.3. The Kier molecular flexibility index (Phi) is 9.09. The van der Waals surface area contributed by atoms with E-state index >= 15 is 0 Å². The van der Waals surface area contributed by atoms with Crippen LogP contribution < -0.4 is 21.6 Å². The van der Waals surface area contributed by atoms with Crippen LogP contribution in [0.4, 0.5) is 11.9 Å². The Morgan fingerprint density at radius 2 is 1.81 bits per heavy atom. The Hall–Kier alpha value is -4.28. The number of rotatable bonds is 12. The number of hydrogen-bond donors (Lipinski definition) is 7. The number of hydrogen-bond acceptors (Lipinski definition) is 9. The lowest BCUT2D eigenvalue weighted by atomic mass is 10.0. The molecule has 0 spiro atoms. The zero-order chi connectivity index (χ0) is 26.1. The average Bonchev–Trinajstić information content (AvgIpc) is 2.81. The number of aromatic amines is 1. The first kappa shape index (κ1) is 26.3. The number of amides is 1. The van der Waals surface area contributed by atoms with E-state index in [4.69, 9.17) is 0 Å². The van der Waals surface area contributed by atoms with E-state index in [1.807, 2.05) is 13.8 Å². The van der Waals surface area contributed by atoms with Crippen LogP contribution in [0, 0.1) is 0 Å². The number of anilines is 2. The molecule has 1 heterocycles. The molecule has 1 amide bonds. The second-order valence-corrected chi connectivity index (χ2v) is 8.62. The molecule has 3 aromatic rings. The fourth-order valence-corrected chi connectivity index (χ4v) is 3.61. The normalized spacial score (nSPS) is 11.3. The molecule has 0 saturated heterocycles. The Morgan fingerprint density at radius 3 is 2.56 bits per heavy atom. The summed E-state index contributed by atoms with van der Waals surface area (Å²) in [6, 6.07) is 6.03. The molecule has 0 radical (unpaired) electrons. The van der Waals surface area contributed by atoms with Gasteiger partial charge in [0.1, 0.15) is 17.2 Å². The largest absolute Gasteiger partial charge is 0.507 e. The van der Waals surface area contributed by atoms with E-state index in [9.17, 15) is 24.9 Å². The van der Waals surface area contributed by atoms with Crippen molar-refractivity contribution in [1.82, 2.24) is 20.3 Å². The summed E-state index contributed by atoms with van der Waals surface area (Å²) in [5, 5.41) is 39.9. The number of aromatic hydroxyl groups is 3. The van der Waals surface area contributed by atoms with Gasteiger partial charge in [0.25, 0.3) is 0 Å². The van der Waals surface area contributed by atoms with Crippen molar-refractivity contribution in [3.63, 3.8) is 0 Å². The van der Waals surface area contributed by atoms with Crippen LogP contribution in [0.2, 0.25) is 0 Å². The van der Waals surface area contributed by atoms with E-state index in [0.717, 1.165) is 25.7 Å². The number of phenols is 3. The zero-order valence-electron chi connectivity index (χ0n) is 20.3. The number of aromatic nitrogens is 3. The van der Waals surface area contributed by atoms with Crippen molar-refractivity contribution in [3.8, 4) is 17.2 Å². The summed E-state index contributed by atoms with van der Waals surface area (Å²) >= 11 is 0. The minimum atomic E-state index is -0.466. The summed E-state index contributed by atoms with van der Waals surface area (Å²) in [4.78, 5) is 34.3. The van der Waals surface area contributed by atoms with Crippen LogP contribution in [0.1, 0.15) is 45.1 Å². The van der Waals surface area contributed by atoms with E-state index in [1.54, 1.807) is 12.1 Å². The maximum atomic E-state index is 12.1. The van der Waals surface area contributed by atoms with Gasteiger partial charge in [-0.2, -0.15) is 9.97 Å². The fourth-order valence-electron chi connectivity index (χ4n) is 3.61. The minimum absolute atomic E-state index is 0.105. The summed E-state index contributed by atoms with van der Waals surface area (Å²) in [5.74, 6) is -0.147. The molecule has 0 fully saturated rings. The van der Waals surface area contributed by atoms with E-state index in [0.29, 0.717) is 24.4 Å². The molecule has 1 aromatic heterocycles. The van der Waals surface area contributed by atoms with Gasteiger partial charge in [0.05, 0.1) is 5.39 Å². The Labute approximate surface area is 208 Å². The van der Waals surface area contributed by atoms with Gasteiger partial charge in [-0.3, -0.25) is 9.78 Å². The van der Waals surface area contributed by atoms with Gasteiger partial charge < -0.3 is 31.3 Å². The van der Waals surface area contributed by atoms with Crippen LogP contribution in [0.5, 0.6) is 17.2 Å². The number of nitrogens with zero attached hydrogens (tertiary/aromatic N) is 2. The van der Waals surface area contributed by atoms with E-state index in [1.165, 1.54) is 24.3 Å². The number of carbonyl (C=O) groups is 1. The third-order valence-electron chi connectivity index (χ3n) is 5.30. The lowest BCUT2D eigenvalue weighted by Gasteiger charge is -2.10. The Bertz CT molecular complexity index is 1290. The Morgan fingerprint density at radius 1 is 1.06 bits per heavy atom. The molecule has 36 heavy (non-hydrogen) atoms. The van der Waals surface area contributed by atoms with E-state index in [-0.39, 0.29) is 46.1 Å². The molecule has 11 nitrogen and oxygen atoms in total. The quantitative estimate of drug-likeness (QED) is 0.113. The van der Waals surface area contributed by atoms with Gasteiger partial charge >= 0.3 is 5.69 Å². The number of fused-ring (bicyclic) bond motifs is 1. The smallest absolute Gasteiger partial charge is 0.350 e. The molecule has 2 aromatic carbocycles. The van der Waals surface area contributed by atoms with Crippen molar-refractivity contribution in [1.29, 1.82) is 0 Å². The molecule has 0 bridgehead atoms. The highest BCUT2D eigenvalue weighted by Gasteiger charge is 2.13. The van der Waals surface area contributed by atoms with Gasteiger partial charge in [-0.05, 0) is 44.9 Å². The van der Waals surface area contributed by atoms with Crippen LogP contribution >= 0.6 is 0 Å². The van der Waals surface area contributed by atoms with Crippen LogP contribution in [0.3, 0.4) is 0 Å². The monoisotopic (exact) mass is 496 g/mol. The SMILES string of the molecule is CC(C)Nc1nc(NCCCCCCNC(=O)C=Cc2cc(O)c3cccc(O)c3c2O)nc(=O)[nH]1. The van der Waals surface area contributed by atoms with Gasteiger partial charge in [0.2, 0.25) is 17.8 Å². The first-order chi connectivity index (χ1) is 17.2. The fraction of sp³-hybridized carbons (Fsp3) is 0.360. The minimum Gasteiger partial charge on any atom is -0.507 e. The Balaban J connectivity index is 1.37. The molecular formula is C25H32N6O5. The number of nitrogens with one attached hydrogen (secondary N) is 4. The van der Waals surface area contributed by atoms with Gasteiger partial charge in [-0.15, -0.1) is 0 Å². The van der Waals surface area contributed by atoms with Crippen LogP contribution in [-0.4, -0.2) is 55.3 Å². The predicted octanol–water partition coefficient (Wildman–Crippen LogP) is 3.06. The van der Waals surface area contributed by atoms with Crippen molar-refractivity contribution in [2.75, 3.05) is 23.7 Å². The summed E-state index contributed by atoms with van der Waals surface area (Å²) in [6.07, 6.45) is 6.14. The molecule has 0 aliphatic carbocycles. The van der Waals surface area contributed by atoms with Crippen LogP contribution in [0.15, 0.2) is 35.1 Å². The second kappa shape index (κ2) is 12.4. The van der Waals surface area contributed by atoms with Crippen molar-refractivity contribution < 1.29 is 20.1 Å². The molecular weight excluding hydrogens is 464 g/mol. The maximum Gasteiger partial charge on any atom is 0.350 e. The number of benzene rings is 2. The number of carbonyl (C=O) groups excluding carboxylic acids is 1. The molecule has 0 aliphatic rings. The molecule has 0 unspecified atom stereocenters. The molecule has 0 saturated carbocycles. The van der Waals surface area contributed by atoms with Gasteiger partial charge in [-0.25, -0.2) is 4.79 Å². The maximum absolute atomic E-state index is 12.1. The summed E-state index contributed by atoms with van der Waals surface area (Å²) in [5.41, 5.74) is -0.244. The summed E-state index contributed by atoms with van der Waals surface area (Å²) < 4.78 is 0. The second-order valence-electron chi connectivity index (χ2n) is 8.62. The highest BCUT2D eigenvalue weighted by molar-refractivity contribution is 6.01. The first-order valence-corrected chi connectivity index (χ1v) is 11.9. The van der Waals surface area contributed by atoms with Crippen molar-refractivity contribution in [2.45, 2.75) is 45.6 Å². The standard InChI is InChI=1S/C25H32N6O5/c1-15(2)28-24-29-23(30-25(36)31-24)27-13-6-4-3-5-12-26-20(34)11-10-16-14-19(33)17-8-7-9-18(32)21(17)22(16)35/h7-11,14-15,32-33,35H,3-6,12-13H2,1-2H3,(H,26,34)(H3,27,28,29,30,31,36). The molecule has 11 heteroatoms. The summed E-state index contributed by atoms with van der Waals surface area (Å²) in [6.45, 7) is 5.01. The van der Waals surface area contributed by atoms with Gasteiger partial charge in [-0.1, -0.05) is 25.0 Å². The van der Waals surface area contributed by atoms with Gasteiger partial charge in [0, 0.05) is 36.2 Å². The van der Waals surface area contributed by atoms with E-state index in [2.05, 4.69) is 30.9 Å². The lowest BCUT2D eigenvalue weighted by molar-refractivity contribution is -0.116. The van der Waals surface area contributed by atoms with E-state index < -0.39 is 5.69 Å². The molecule has 0 atom stereocenters. The highest BCUT2D eigenvalue weighted by Crippen LogP contribution is 2.40. The van der Waals surface area contributed by atoms with Crippen molar-refractivity contribution in [2.24, 2.45) is 0 Å². The number of phenolic OH excluding ortho intramolecular Hbond substituents is 3. The van der Waals surface area contributed by atoms with Crippen molar-refractivity contribution >= 4 is 34.7 Å². The molecule has 7 N–H and O–H groups in total. The zero-order valence-corrected chi connectivity index (χ0v) is 20.3. The molecule has 192 valence electrons. The number of H-pyrrole nitrogens is 1. The average molecular weight is 497 g/mol. The lowest BCUT2D eigenvalue weighted by Crippen LogP contribution is -2.22. The molecule has 3 rings (SSSR count). The topological polar surface area (TPSA) is 172 Å². The molecule has 0 aliphatic heterocycles. The van der Waals surface area contributed by atoms with Crippen LogP contribution in [0.25, 0.3) is 16.8 Å². The van der Waals surface area contributed by atoms with Crippen LogP contribution in [-0.2, 0) is 4.79 Å². The third kappa shape index (κ3) is 7.36.